The first kappa shape index (κ1) is 17.2. The zero-order valence-corrected chi connectivity index (χ0v) is 14.9. The van der Waals surface area contributed by atoms with E-state index in [1.165, 1.54) is 18.2 Å². The van der Waals surface area contributed by atoms with Gasteiger partial charge < -0.3 is 5.32 Å². The summed E-state index contributed by atoms with van der Waals surface area (Å²) in [5.74, 6) is 0.529. The second kappa shape index (κ2) is 7.06. The van der Waals surface area contributed by atoms with Gasteiger partial charge >= 0.3 is 0 Å². The van der Waals surface area contributed by atoms with E-state index in [1.807, 2.05) is 6.07 Å². The zero-order valence-electron chi connectivity index (χ0n) is 12.5. The minimum absolute atomic E-state index is 0.0925. The summed E-state index contributed by atoms with van der Waals surface area (Å²) in [4.78, 5) is 0. The zero-order chi connectivity index (χ0) is 17.9. The molecule has 2 heterocycles. The van der Waals surface area contributed by atoms with Crippen LogP contribution in [0, 0.1) is 11.3 Å². The maximum absolute atomic E-state index is 12.2. The molecule has 0 atom stereocenters. The van der Waals surface area contributed by atoms with Crippen LogP contribution in [-0.4, -0.2) is 18.6 Å². The molecule has 0 saturated carbocycles. The Balaban J connectivity index is 1.70. The molecule has 0 aliphatic heterocycles. The van der Waals surface area contributed by atoms with Gasteiger partial charge in [0.15, 0.2) is 11.6 Å². The number of aromatic nitrogens is 2. The molecule has 0 saturated heterocycles. The van der Waals surface area contributed by atoms with E-state index in [0.29, 0.717) is 15.7 Å². The SMILES string of the molecule is N#Cc1ccc(Nc2ccc(NS(=O)(=O)c3ccc(Cl)s3)nn2)cc1. The standard InChI is InChI=1S/C15H10ClN5O2S2/c16-12-5-8-15(24-12)25(22,23)21-14-7-6-13(19-20-14)18-11-3-1-10(9-17)2-4-11/h1-8H,(H,18,19)(H,20,21). The molecule has 0 fully saturated rings. The van der Waals surface area contributed by atoms with Gasteiger partial charge in [0.25, 0.3) is 10.0 Å². The maximum Gasteiger partial charge on any atom is 0.272 e. The van der Waals surface area contributed by atoms with Gasteiger partial charge in [-0.25, -0.2) is 8.42 Å². The van der Waals surface area contributed by atoms with Crippen molar-refractivity contribution >= 4 is 50.3 Å². The molecule has 3 aromatic rings. The summed E-state index contributed by atoms with van der Waals surface area (Å²) in [5, 5.41) is 19.5. The van der Waals surface area contributed by atoms with Crippen LogP contribution in [0.3, 0.4) is 0 Å². The molecule has 0 spiro atoms. The first-order chi connectivity index (χ1) is 12.0. The number of rotatable bonds is 5. The molecule has 25 heavy (non-hydrogen) atoms. The van der Waals surface area contributed by atoms with Crippen LogP contribution >= 0.6 is 22.9 Å². The fourth-order valence-corrected chi connectivity index (χ4v) is 4.34. The van der Waals surface area contributed by atoms with Crippen LogP contribution in [0.2, 0.25) is 4.34 Å². The minimum Gasteiger partial charge on any atom is -0.339 e. The van der Waals surface area contributed by atoms with E-state index in [0.717, 1.165) is 17.0 Å². The Morgan fingerprint density at radius 3 is 2.24 bits per heavy atom. The number of anilines is 3. The molecule has 3 rings (SSSR count). The smallest absolute Gasteiger partial charge is 0.272 e. The highest BCUT2D eigenvalue weighted by molar-refractivity contribution is 7.94. The molecule has 126 valence electrons. The summed E-state index contributed by atoms with van der Waals surface area (Å²) in [5.41, 5.74) is 1.28. The molecule has 7 nitrogen and oxygen atoms in total. The van der Waals surface area contributed by atoms with Crippen molar-refractivity contribution in [3.8, 4) is 6.07 Å². The van der Waals surface area contributed by atoms with Gasteiger partial charge in [0.2, 0.25) is 0 Å². The predicted molar refractivity (Wildman–Crippen MR) is 96.6 cm³/mol. The van der Waals surface area contributed by atoms with Gasteiger partial charge in [-0.3, -0.25) is 4.72 Å². The van der Waals surface area contributed by atoms with Crippen molar-refractivity contribution in [2.24, 2.45) is 0 Å². The molecule has 10 heteroatoms. The lowest BCUT2D eigenvalue weighted by molar-refractivity contribution is 0.603. The number of nitriles is 1. The third-order valence-electron chi connectivity index (χ3n) is 3.00. The first-order valence-corrected chi connectivity index (χ1v) is 9.53. The fraction of sp³-hybridized carbons (Fsp3) is 0. The maximum atomic E-state index is 12.2. The number of thiophene rings is 1. The Morgan fingerprint density at radius 1 is 1.00 bits per heavy atom. The average molecular weight is 392 g/mol. The Morgan fingerprint density at radius 2 is 1.68 bits per heavy atom. The van der Waals surface area contributed by atoms with Crippen LogP contribution < -0.4 is 10.0 Å². The lowest BCUT2D eigenvalue weighted by atomic mass is 10.2. The van der Waals surface area contributed by atoms with Gasteiger partial charge in [-0.05, 0) is 48.5 Å². The highest BCUT2D eigenvalue weighted by atomic mass is 35.5. The molecule has 0 bridgehead atoms. The van der Waals surface area contributed by atoms with Crippen LogP contribution in [0.25, 0.3) is 0 Å². The largest absolute Gasteiger partial charge is 0.339 e. The molecule has 0 unspecified atom stereocenters. The molecule has 1 aromatic carbocycles. The van der Waals surface area contributed by atoms with E-state index in [-0.39, 0.29) is 10.0 Å². The van der Waals surface area contributed by atoms with Gasteiger partial charge in [-0.1, -0.05) is 11.6 Å². The summed E-state index contributed by atoms with van der Waals surface area (Å²) >= 11 is 6.71. The normalized spacial score (nSPS) is 10.9. The van der Waals surface area contributed by atoms with Crippen molar-refractivity contribution in [2.75, 3.05) is 10.0 Å². The molecule has 0 aliphatic carbocycles. The molecular weight excluding hydrogens is 382 g/mol. The molecule has 0 aliphatic rings. The van der Waals surface area contributed by atoms with Crippen LogP contribution in [0.1, 0.15) is 5.56 Å². The number of nitrogens with zero attached hydrogens (tertiary/aromatic N) is 3. The van der Waals surface area contributed by atoms with Gasteiger partial charge in [-0.15, -0.1) is 21.5 Å². The molecule has 0 radical (unpaired) electrons. The summed E-state index contributed by atoms with van der Waals surface area (Å²) < 4.78 is 27.2. The Labute approximate surface area is 153 Å². The number of halogens is 1. The van der Waals surface area contributed by atoms with E-state index < -0.39 is 10.0 Å². The number of hydrogen-bond acceptors (Lipinski definition) is 7. The second-order valence-corrected chi connectivity index (χ2v) is 8.41. The lowest BCUT2D eigenvalue weighted by Gasteiger charge is -2.07. The number of benzene rings is 1. The highest BCUT2D eigenvalue weighted by Gasteiger charge is 2.17. The van der Waals surface area contributed by atoms with Crippen LogP contribution in [-0.2, 0) is 10.0 Å². The van der Waals surface area contributed by atoms with Crippen molar-refractivity contribution in [3.63, 3.8) is 0 Å². The van der Waals surface area contributed by atoms with Crippen molar-refractivity contribution in [1.82, 2.24) is 10.2 Å². The first-order valence-electron chi connectivity index (χ1n) is 6.85. The third-order valence-corrected chi connectivity index (χ3v) is 6.08. The van der Waals surface area contributed by atoms with Gasteiger partial charge in [0.05, 0.1) is 16.0 Å². The summed E-state index contributed by atoms with van der Waals surface area (Å²) in [6, 6.07) is 14.9. The van der Waals surface area contributed by atoms with Crippen LogP contribution in [0.15, 0.2) is 52.7 Å². The van der Waals surface area contributed by atoms with Gasteiger partial charge in [0.1, 0.15) is 4.21 Å². The van der Waals surface area contributed by atoms with Crippen molar-refractivity contribution in [2.45, 2.75) is 4.21 Å². The Bertz CT molecular complexity index is 1030. The quantitative estimate of drug-likeness (QED) is 0.687. The minimum atomic E-state index is -3.74. The number of sulfonamides is 1. The second-order valence-electron chi connectivity index (χ2n) is 4.78. The molecule has 0 amide bonds. The van der Waals surface area contributed by atoms with Crippen LogP contribution in [0.4, 0.5) is 17.3 Å². The van der Waals surface area contributed by atoms with E-state index in [9.17, 15) is 8.42 Å². The van der Waals surface area contributed by atoms with E-state index in [4.69, 9.17) is 16.9 Å². The lowest BCUT2D eigenvalue weighted by Crippen LogP contribution is -2.13. The summed E-state index contributed by atoms with van der Waals surface area (Å²) in [7, 11) is -3.74. The molecule has 2 aromatic heterocycles. The van der Waals surface area contributed by atoms with E-state index in [2.05, 4.69) is 20.2 Å². The third kappa shape index (κ3) is 4.24. The topological polar surface area (TPSA) is 108 Å². The summed E-state index contributed by atoms with van der Waals surface area (Å²) in [6.45, 7) is 0. The summed E-state index contributed by atoms with van der Waals surface area (Å²) in [6.07, 6.45) is 0. The molecular formula is C15H10ClN5O2S2. The van der Waals surface area contributed by atoms with E-state index >= 15 is 0 Å². The Kier molecular flexibility index (Phi) is 4.85. The fourth-order valence-electron chi connectivity index (χ4n) is 1.86. The monoisotopic (exact) mass is 391 g/mol. The molecule has 2 N–H and O–H groups in total. The van der Waals surface area contributed by atoms with Gasteiger partial charge in [-0.2, -0.15) is 5.26 Å². The van der Waals surface area contributed by atoms with Crippen molar-refractivity contribution in [3.05, 3.63) is 58.4 Å². The van der Waals surface area contributed by atoms with Crippen molar-refractivity contribution < 1.29 is 8.42 Å². The predicted octanol–water partition coefficient (Wildman–Crippen LogP) is 3.61. The Hall–Kier alpha value is -2.67. The average Bonchev–Trinajstić information content (AvgIpc) is 3.05. The van der Waals surface area contributed by atoms with Gasteiger partial charge in [0, 0.05) is 5.69 Å². The number of nitrogens with one attached hydrogen (secondary N) is 2. The van der Waals surface area contributed by atoms with Crippen molar-refractivity contribution in [1.29, 1.82) is 5.26 Å². The number of hydrogen-bond donors (Lipinski definition) is 2. The van der Waals surface area contributed by atoms with E-state index in [1.54, 1.807) is 30.3 Å². The van der Waals surface area contributed by atoms with Crippen LogP contribution in [0.5, 0.6) is 0 Å². The highest BCUT2D eigenvalue weighted by Crippen LogP contribution is 2.27.